The molecule has 4 N–H and O–H groups in total. The van der Waals surface area contributed by atoms with Gasteiger partial charge in [0.1, 0.15) is 5.75 Å². The van der Waals surface area contributed by atoms with Crippen molar-refractivity contribution in [3.8, 4) is 5.75 Å². The van der Waals surface area contributed by atoms with E-state index in [0.29, 0.717) is 0 Å². The van der Waals surface area contributed by atoms with Gasteiger partial charge in [0.25, 0.3) is 5.69 Å². The molecule has 100 valence electrons. The van der Waals surface area contributed by atoms with Crippen LogP contribution in [-0.4, -0.2) is 21.7 Å². The lowest BCUT2D eigenvalue weighted by atomic mass is 9.81. The molecule has 0 unspecified atom stereocenters. The fourth-order valence-corrected chi connectivity index (χ4v) is 1.69. The van der Waals surface area contributed by atoms with E-state index >= 15 is 0 Å². The minimum absolute atomic E-state index is 0.0141. The van der Waals surface area contributed by atoms with Crippen LogP contribution in [0.4, 0.5) is 5.69 Å². The summed E-state index contributed by atoms with van der Waals surface area (Å²) in [5.41, 5.74) is 4.70. The van der Waals surface area contributed by atoms with Crippen LogP contribution < -0.4 is 5.73 Å². The van der Waals surface area contributed by atoms with Gasteiger partial charge in [0.15, 0.2) is 0 Å². The Balaban J connectivity index is 3.46. The fourth-order valence-electron chi connectivity index (χ4n) is 1.53. The minimum Gasteiger partial charge on any atom is -0.506 e. The second-order valence-corrected chi connectivity index (χ2v) is 5.12. The van der Waals surface area contributed by atoms with Crippen LogP contribution >= 0.6 is 11.6 Å². The molecule has 0 fully saturated rings. The quantitative estimate of drug-likeness (QED) is 0.574. The number of nitrogens with two attached hydrogens (primary N) is 1. The van der Waals surface area contributed by atoms with Crippen molar-refractivity contribution in [3.63, 3.8) is 0 Å². The summed E-state index contributed by atoms with van der Waals surface area (Å²) in [6.07, 6.45) is 0. The van der Waals surface area contributed by atoms with Crippen LogP contribution in [-0.2, 0) is 0 Å². The van der Waals surface area contributed by atoms with Crippen LogP contribution in [0, 0.1) is 15.5 Å². The summed E-state index contributed by atoms with van der Waals surface area (Å²) in [5, 5.41) is 30.0. The molecule has 1 atom stereocenters. The lowest BCUT2D eigenvalue weighted by Crippen LogP contribution is -2.33. The van der Waals surface area contributed by atoms with E-state index in [9.17, 15) is 20.3 Å². The van der Waals surface area contributed by atoms with Gasteiger partial charge in [-0.15, -0.1) is 0 Å². The van der Waals surface area contributed by atoms with Crippen molar-refractivity contribution in [2.24, 2.45) is 11.1 Å². The molecular formula is C11H15ClN2O4. The SMILES string of the molecule is CC(C)(CO)[C@@H](N)c1c([N+](=O)[O-])ccc(Cl)c1O. The molecular weight excluding hydrogens is 260 g/mol. The van der Waals surface area contributed by atoms with E-state index in [1.54, 1.807) is 13.8 Å². The maximum absolute atomic E-state index is 10.9. The van der Waals surface area contributed by atoms with Crippen LogP contribution in [0.25, 0.3) is 0 Å². The van der Waals surface area contributed by atoms with Gasteiger partial charge in [-0.2, -0.15) is 0 Å². The predicted molar refractivity (Wildman–Crippen MR) is 67.6 cm³/mol. The van der Waals surface area contributed by atoms with Crippen molar-refractivity contribution in [2.45, 2.75) is 19.9 Å². The average molecular weight is 275 g/mol. The highest BCUT2D eigenvalue weighted by molar-refractivity contribution is 6.32. The number of phenols is 1. The Labute approximate surface area is 109 Å². The molecule has 1 rings (SSSR count). The number of nitro benzene ring substituents is 1. The standard InChI is InChI=1S/C11H15ClN2O4/c1-11(2,5-15)10(13)8-7(14(17)18)4-3-6(12)9(8)16/h3-4,10,15-16H,5,13H2,1-2H3/t10-/m0/s1. The summed E-state index contributed by atoms with van der Waals surface area (Å²) in [4.78, 5) is 10.3. The molecule has 0 radical (unpaired) electrons. The Morgan fingerprint density at radius 2 is 2.11 bits per heavy atom. The Morgan fingerprint density at radius 1 is 1.56 bits per heavy atom. The number of aliphatic hydroxyl groups excluding tert-OH is 1. The Bertz CT molecular complexity index is 476. The zero-order valence-corrected chi connectivity index (χ0v) is 10.8. The van der Waals surface area contributed by atoms with Crippen LogP contribution in [0.15, 0.2) is 12.1 Å². The number of hydrogen-bond acceptors (Lipinski definition) is 5. The molecule has 0 spiro atoms. The first kappa shape index (κ1) is 14.7. The monoisotopic (exact) mass is 274 g/mol. The Morgan fingerprint density at radius 3 is 2.56 bits per heavy atom. The van der Waals surface area contributed by atoms with Crippen molar-refractivity contribution in [2.75, 3.05) is 6.61 Å². The Kier molecular flexibility index (Phi) is 4.16. The molecule has 0 saturated heterocycles. The Hall–Kier alpha value is -1.37. The zero-order chi connectivity index (χ0) is 14.1. The number of halogens is 1. The van der Waals surface area contributed by atoms with Crippen LogP contribution in [0.2, 0.25) is 5.02 Å². The van der Waals surface area contributed by atoms with Gasteiger partial charge in [0.2, 0.25) is 0 Å². The highest BCUT2D eigenvalue weighted by Gasteiger charge is 2.35. The minimum atomic E-state index is -0.915. The summed E-state index contributed by atoms with van der Waals surface area (Å²) in [7, 11) is 0. The van der Waals surface area contributed by atoms with Crippen molar-refractivity contribution >= 4 is 17.3 Å². The molecule has 7 heteroatoms. The van der Waals surface area contributed by atoms with E-state index in [2.05, 4.69) is 0 Å². The maximum Gasteiger partial charge on any atom is 0.278 e. The average Bonchev–Trinajstić information content (AvgIpc) is 2.31. The molecule has 18 heavy (non-hydrogen) atoms. The first-order valence-electron chi connectivity index (χ1n) is 5.24. The number of hydrogen-bond donors (Lipinski definition) is 3. The second kappa shape index (κ2) is 5.09. The molecule has 0 heterocycles. The highest BCUT2D eigenvalue weighted by atomic mass is 35.5. The van der Waals surface area contributed by atoms with E-state index in [1.807, 2.05) is 0 Å². The topological polar surface area (TPSA) is 110 Å². The number of nitrogens with zero attached hydrogens (tertiary/aromatic N) is 1. The summed E-state index contributed by atoms with van der Waals surface area (Å²) in [5.74, 6) is -0.417. The van der Waals surface area contributed by atoms with Gasteiger partial charge in [-0.1, -0.05) is 25.4 Å². The van der Waals surface area contributed by atoms with E-state index in [1.165, 1.54) is 12.1 Å². The third kappa shape index (κ3) is 2.55. The summed E-state index contributed by atoms with van der Waals surface area (Å²) in [6.45, 7) is 3.00. The molecule has 1 aromatic carbocycles. The smallest absolute Gasteiger partial charge is 0.278 e. The fraction of sp³-hybridized carbons (Fsp3) is 0.455. The van der Waals surface area contributed by atoms with Crippen molar-refractivity contribution in [3.05, 3.63) is 32.8 Å². The number of nitro groups is 1. The third-order valence-electron chi connectivity index (χ3n) is 2.90. The molecule has 0 aliphatic rings. The largest absolute Gasteiger partial charge is 0.506 e. The van der Waals surface area contributed by atoms with Crippen molar-refractivity contribution < 1.29 is 15.1 Å². The molecule has 6 nitrogen and oxygen atoms in total. The molecule has 0 aliphatic carbocycles. The molecule has 0 saturated carbocycles. The highest BCUT2D eigenvalue weighted by Crippen LogP contribution is 2.43. The van der Waals surface area contributed by atoms with E-state index < -0.39 is 22.1 Å². The van der Waals surface area contributed by atoms with Gasteiger partial charge in [-0.3, -0.25) is 10.1 Å². The number of aromatic hydroxyl groups is 1. The summed E-state index contributed by atoms with van der Waals surface area (Å²) in [6, 6.07) is 1.50. The van der Waals surface area contributed by atoms with Crippen LogP contribution in [0.1, 0.15) is 25.5 Å². The van der Waals surface area contributed by atoms with Gasteiger partial charge in [-0.05, 0) is 6.07 Å². The van der Waals surface area contributed by atoms with E-state index in [-0.39, 0.29) is 22.9 Å². The number of rotatable bonds is 4. The van der Waals surface area contributed by atoms with E-state index in [0.717, 1.165) is 0 Å². The number of phenolic OH excluding ortho intramolecular Hbond substituents is 1. The van der Waals surface area contributed by atoms with Gasteiger partial charge in [0.05, 0.1) is 15.5 Å². The lowest BCUT2D eigenvalue weighted by molar-refractivity contribution is -0.386. The normalized spacial score (nSPS) is 13.4. The maximum atomic E-state index is 10.9. The van der Waals surface area contributed by atoms with E-state index in [4.69, 9.17) is 17.3 Å². The zero-order valence-electron chi connectivity index (χ0n) is 10.1. The van der Waals surface area contributed by atoms with Crippen molar-refractivity contribution in [1.82, 2.24) is 0 Å². The molecule has 0 aliphatic heterocycles. The summed E-state index contributed by atoms with van der Waals surface area (Å²) < 4.78 is 0. The van der Waals surface area contributed by atoms with Gasteiger partial charge < -0.3 is 15.9 Å². The van der Waals surface area contributed by atoms with Gasteiger partial charge in [-0.25, -0.2) is 0 Å². The molecule has 1 aromatic rings. The number of aliphatic hydroxyl groups is 1. The predicted octanol–water partition coefficient (Wildman–Crippen LogP) is 1.97. The number of benzene rings is 1. The second-order valence-electron chi connectivity index (χ2n) is 4.71. The molecule has 0 amide bonds. The lowest BCUT2D eigenvalue weighted by Gasteiger charge is -2.29. The van der Waals surface area contributed by atoms with Crippen LogP contribution in [0.3, 0.4) is 0 Å². The first-order chi connectivity index (χ1) is 8.22. The third-order valence-corrected chi connectivity index (χ3v) is 3.21. The van der Waals surface area contributed by atoms with Gasteiger partial charge in [0, 0.05) is 24.1 Å². The molecule has 0 aromatic heterocycles. The first-order valence-corrected chi connectivity index (χ1v) is 5.62. The van der Waals surface area contributed by atoms with Crippen molar-refractivity contribution in [1.29, 1.82) is 0 Å². The van der Waals surface area contributed by atoms with Crippen LogP contribution in [0.5, 0.6) is 5.75 Å². The summed E-state index contributed by atoms with van der Waals surface area (Å²) >= 11 is 5.74. The molecule has 0 bridgehead atoms. The van der Waals surface area contributed by atoms with Gasteiger partial charge >= 0.3 is 0 Å².